The van der Waals surface area contributed by atoms with Gasteiger partial charge in [0.2, 0.25) is 6.79 Å². The summed E-state index contributed by atoms with van der Waals surface area (Å²) < 4.78 is 15.8. The van der Waals surface area contributed by atoms with Crippen LogP contribution in [0.5, 0.6) is 11.5 Å². The predicted octanol–water partition coefficient (Wildman–Crippen LogP) is 2.89. The molecular formula is C11H13NO3. The summed E-state index contributed by atoms with van der Waals surface area (Å²) in [6, 6.07) is 3.63. The molecule has 0 radical (unpaired) electrons. The van der Waals surface area contributed by atoms with Crippen molar-refractivity contribution in [1.29, 1.82) is 0 Å². The van der Waals surface area contributed by atoms with Gasteiger partial charge in [0, 0.05) is 19.1 Å². The Kier molecular flexibility index (Phi) is 2.49. The van der Waals surface area contributed by atoms with E-state index >= 15 is 0 Å². The van der Waals surface area contributed by atoms with Gasteiger partial charge in [-0.15, -0.1) is 0 Å². The zero-order chi connectivity index (χ0) is 10.8. The average Bonchev–Trinajstić information content (AvgIpc) is 2.81. The Bertz CT molecular complexity index is 435. The van der Waals surface area contributed by atoms with Crippen molar-refractivity contribution >= 4 is 11.1 Å². The molecule has 4 nitrogen and oxygen atoms in total. The number of benzene rings is 1. The van der Waals surface area contributed by atoms with Crippen LogP contribution in [0.4, 0.5) is 0 Å². The van der Waals surface area contributed by atoms with Gasteiger partial charge < -0.3 is 13.9 Å². The summed E-state index contributed by atoms with van der Waals surface area (Å²) in [6.45, 7) is 6.09. The first kappa shape index (κ1) is 9.83. The third kappa shape index (κ3) is 1.63. The Labute approximate surface area is 87.8 Å². The van der Waals surface area contributed by atoms with Gasteiger partial charge in [-0.1, -0.05) is 13.8 Å². The van der Waals surface area contributed by atoms with Gasteiger partial charge in [-0.2, -0.15) is 0 Å². The topological polar surface area (TPSA) is 44.5 Å². The van der Waals surface area contributed by atoms with Crippen LogP contribution >= 0.6 is 0 Å². The summed E-state index contributed by atoms with van der Waals surface area (Å²) >= 11 is 0. The quantitative estimate of drug-likeness (QED) is 0.666. The molecule has 1 aromatic heterocycles. The van der Waals surface area contributed by atoms with E-state index in [1.54, 1.807) is 6.07 Å². The Hall–Kier alpha value is -1.71. The standard InChI is InChI=1S/C9H7NO3.C2H6/c1-5-10-6-2-8-9(12-4-11-8)3-7(6)13-5;1-2/h2-3H,4H2,1H3;1-2H3. The third-order valence-electron chi connectivity index (χ3n) is 1.99. The molecule has 0 saturated carbocycles. The molecule has 0 N–H and O–H groups in total. The van der Waals surface area contributed by atoms with E-state index in [9.17, 15) is 0 Å². The molecule has 1 aliphatic heterocycles. The summed E-state index contributed by atoms with van der Waals surface area (Å²) in [5, 5.41) is 0. The van der Waals surface area contributed by atoms with Crippen molar-refractivity contribution in [2.24, 2.45) is 0 Å². The highest BCUT2D eigenvalue weighted by Crippen LogP contribution is 2.35. The van der Waals surface area contributed by atoms with Gasteiger partial charge in [0.25, 0.3) is 0 Å². The van der Waals surface area contributed by atoms with Crippen LogP contribution in [-0.2, 0) is 0 Å². The first-order chi connectivity index (χ1) is 7.33. The number of aryl methyl sites for hydroxylation is 1. The van der Waals surface area contributed by atoms with Gasteiger partial charge in [-0.25, -0.2) is 4.98 Å². The van der Waals surface area contributed by atoms with Crippen LogP contribution in [0.15, 0.2) is 16.5 Å². The number of nitrogens with zero attached hydrogens (tertiary/aromatic N) is 1. The van der Waals surface area contributed by atoms with E-state index in [1.165, 1.54) is 0 Å². The minimum Gasteiger partial charge on any atom is -0.454 e. The monoisotopic (exact) mass is 207 g/mol. The van der Waals surface area contributed by atoms with Crippen LogP contribution in [0, 0.1) is 6.92 Å². The van der Waals surface area contributed by atoms with Crippen LogP contribution in [-0.4, -0.2) is 11.8 Å². The fourth-order valence-electron chi connectivity index (χ4n) is 1.43. The maximum atomic E-state index is 5.35. The summed E-state index contributed by atoms with van der Waals surface area (Å²) in [5.74, 6) is 2.11. The zero-order valence-corrected chi connectivity index (χ0v) is 9.03. The molecule has 15 heavy (non-hydrogen) atoms. The third-order valence-corrected chi connectivity index (χ3v) is 1.99. The molecule has 0 bridgehead atoms. The lowest BCUT2D eigenvalue weighted by Crippen LogP contribution is -1.92. The smallest absolute Gasteiger partial charge is 0.231 e. The van der Waals surface area contributed by atoms with Gasteiger partial charge >= 0.3 is 0 Å². The number of fused-ring (bicyclic) bond motifs is 2. The SMILES string of the molecule is CC.Cc1nc2cc3c(cc2o1)OCO3. The Morgan fingerprint density at radius 2 is 1.80 bits per heavy atom. The lowest BCUT2D eigenvalue weighted by atomic mass is 10.3. The average molecular weight is 207 g/mol. The number of hydrogen-bond acceptors (Lipinski definition) is 4. The summed E-state index contributed by atoms with van der Waals surface area (Å²) in [4.78, 5) is 4.19. The maximum absolute atomic E-state index is 5.35. The fourth-order valence-corrected chi connectivity index (χ4v) is 1.43. The number of aromatic nitrogens is 1. The molecule has 2 aromatic rings. The van der Waals surface area contributed by atoms with Crippen molar-refractivity contribution in [1.82, 2.24) is 4.98 Å². The van der Waals surface area contributed by atoms with E-state index in [-0.39, 0.29) is 6.79 Å². The van der Waals surface area contributed by atoms with Crippen LogP contribution in [0.1, 0.15) is 19.7 Å². The van der Waals surface area contributed by atoms with Crippen LogP contribution in [0.3, 0.4) is 0 Å². The van der Waals surface area contributed by atoms with Gasteiger partial charge in [0.1, 0.15) is 5.52 Å². The van der Waals surface area contributed by atoms with E-state index in [0.29, 0.717) is 5.89 Å². The van der Waals surface area contributed by atoms with Gasteiger partial charge in [0.15, 0.2) is 23.0 Å². The van der Waals surface area contributed by atoms with E-state index in [0.717, 1.165) is 22.6 Å². The summed E-state index contributed by atoms with van der Waals surface area (Å²) in [5.41, 5.74) is 1.54. The van der Waals surface area contributed by atoms with Crippen molar-refractivity contribution in [3.05, 3.63) is 18.0 Å². The lowest BCUT2D eigenvalue weighted by Gasteiger charge is -1.92. The second-order valence-electron chi connectivity index (χ2n) is 2.91. The Morgan fingerprint density at radius 1 is 1.13 bits per heavy atom. The molecule has 80 valence electrons. The number of rotatable bonds is 0. The molecule has 2 heterocycles. The molecule has 0 amide bonds. The molecule has 0 aliphatic carbocycles. The Morgan fingerprint density at radius 3 is 2.53 bits per heavy atom. The molecular weight excluding hydrogens is 194 g/mol. The largest absolute Gasteiger partial charge is 0.454 e. The zero-order valence-electron chi connectivity index (χ0n) is 9.03. The molecule has 0 spiro atoms. The van der Waals surface area contributed by atoms with Crippen molar-refractivity contribution in [3.63, 3.8) is 0 Å². The summed E-state index contributed by atoms with van der Waals surface area (Å²) in [6.07, 6.45) is 0. The molecule has 4 heteroatoms. The minimum atomic E-state index is 0.279. The van der Waals surface area contributed by atoms with Crippen molar-refractivity contribution in [2.45, 2.75) is 20.8 Å². The van der Waals surface area contributed by atoms with Gasteiger partial charge in [-0.3, -0.25) is 0 Å². The highest BCUT2D eigenvalue weighted by Gasteiger charge is 2.16. The predicted molar refractivity (Wildman–Crippen MR) is 56.2 cm³/mol. The van der Waals surface area contributed by atoms with Crippen molar-refractivity contribution < 1.29 is 13.9 Å². The second kappa shape index (κ2) is 3.81. The van der Waals surface area contributed by atoms with Crippen LogP contribution in [0.2, 0.25) is 0 Å². The van der Waals surface area contributed by atoms with Crippen molar-refractivity contribution in [3.8, 4) is 11.5 Å². The maximum Gasteiger partial charge on any atom is 0.231 e. The fraction of sp³-hybridized carbons (Fsp3) is 0.364. The normalized spacial score (nSPS) is 12.5. The summed E-state index contributed by atoms with van der Waals surface area (Å²) in [7, 11) is 0. The molecule has 3 rings (SSSR count). The highest BCUT2D eigenvalue weighted by molar-refractivity contribution is 5.77. The number of oxazole rings is 1. The second-order valence-corrected chi connectivity index (χ2v) is 2.91. The number of hydrogen-bond donors (Lipinski definition) is 0. The minimum absolute atomic E-state index is 0.279. The van der Waals surface area contributed by atoms with Crippen LogP contribution < -0.4 is 9.47 Å². The van der Waals surface area contributed by atoms with E-state index in [4.69, 9.17) is 13.9 Å². The first-order valence-electron chi connectivity index (χ1n) is 5.00. The molecule has 0 fully saturated rings. The molecule has 0 saturated heterocycles. The number of ether oxygens (including phenoxy) is 2. The van der Waals surface area contributed by atoms with Crippen molar-refractivity contribution in [2.75, 3.05) is 6.79 Å². The van der Waals surface area contributed by atoms with E-state index in [1.807, 2.05) is 26.8 Å². The Balaban J connectivity index is 0.000000404. The molecule has 1 aromatic carbocycles. The van der Waals surface area contributed by atoms with Gasteiger partial charge in [0.05, 0.1) is 0 Å². The van der Waals surface area contributed by atoms with E-state index < -0.39 is 0 Å². The van der Waals surface area contributed by atoms with Gasteiger partial charge in [-0.05, 0) is 0 Å². The first-order valence-corrected chi connectivity index (χ1v) is 5.00. The highest BCUT2D eigenvalue weighted by atomic mass is 16.7. The molecule has 1 aliphatic rings. The van der Waals surface area contributed by atoms with Crippen LogP contribution in [0.25, 0.3) is 11.1 Å². The molecule has 0 unspecified atom stereocenters. The molecule has 0 atom stereocenters. The lowest BCUT2D eigenvalue weighted by molar-refractivity contribution is 0.174. The van der Waals surface area contributed by atoms with E-state index in [2.05, 4.69) is 4.98 Å².